The van der Waals surface area contributed by atoms with Crippen molar-refractivity contribution in [3.8, 4) is 0 Å². The lowest BCUT2D eigenvalue weighted by Gasteiger charge is -2.23. The molecule has 1 aliphatic rings. The van der Waals surface area contributed by atoms with E-state index < -0.39 is 0 Å². The lowest BCUT2D eigenvalue weighted by atomic mass is 10.2. The standard InChI is InChI=1S/C11H20N6/c1-2-17-5-3-4-9(17)7-13-10-6-11(16-12)15-8-14-10/h6,8-9H,2-5,7,12H2,1H3,(H2,13,14,15,16). The summed E-state index contributed by atoms with van der Waals surface area (Å²) in [5, 5.41) is 3.34. The predicted octanol–water partition coefficient (Wildman–Crippen LogP) is 0.658. The van der Waals surface area contributed by atoms with Crippen LogP contribution in [0.3, 0.4) is 0 Å². The number of hydrogen-bond donors (Lipinski definition) is 3. The maximum absolute atomic E-state index is 5.30. The first-order chi connectivity index (χ1) is 8.33. The molecule has 1 saturated heterocycles. The van der Waals surface area contributed by atoms with Crippen molar-refractivity contribution in [2.24, 2.45) is 5.84 Å². The van der Waals surface area contributed by atoms with E-state index in [1.165, 1.54) is 25.7 Å². The molecule has 2 rings (SSSR count). The van der Waals surface area contributed by atoms with Gasteiger partial charge in [-0.15, -0.1) is 0 Å². The van der Waals surface area contributed by atoms with Crippen molar-refractivity contribution in [2.45, 2.75) is 25.8 Å². The molecular formula is C11H20N6. The van der Waals surface area contributed by atoms with Gasteiger partial charge in [0.25, 0.3) is 0 Å². The van der Waals surface area contributed by atoms with Crippen LogP contribution in [-0.4, -0.2) is 40.5 Å². The number of anilines is 2. The van der Waals surface area contributed by atoms with Crippen LogP contribution in [0.4, 0.5) is 11.6 Å². The number of hydrogen-bond acceptors (Lipinski definition) is 6. The third-order valence-electron chi connectivity index (χ3n) is 3.24. The molecule has 1 aromatic heterocycles. The van der Waals surface area contributed by atoms with Crippen molar-refractivity contribution in [1.29, 1.82) is 0 Å². The lowest BCUT2D eigenvalue weighted by molar-refractivity contribution is 0.277. The van der Waals surface area contributed by atoms with Gasteiger partial charge in [0.15, 0.2) is 0 Å². The Bertz CT molecular complexity index is 356. The summed E-state index contributed by atoms with van der Waals surface area (Å²) < 4.78 is 0. The SMILES string of the molecule is CCN1CCCC1CNc1cc(NN)ncn1. The minimum Gasteiger partial charge on any atom is -0.368 e. The Labute approximate surface area is 102 Å². The first-order valence-electron chi connectivity index (χ1n) is 6.10. The van der Waals surface area contributed by atoms with E-state index in [0.717, 1.165) is 18.9 Å². The minimum atomic E-state index is 0.615. The van der Waals surface area contributed by atoms with Gasteiger partial charge in [0.2, 0.25) is 0 Å². The Morgan fingerprint density at radius 3 is 3.06 bits per heavy atom. The van der Waals surface area contributed by atoms with Crippen LogP contribution in [0.15, 0.2) is 12.4 Å². The van der Waals surface area contributed by atoms with E-state index in [4.69, 9.17) is 5.84 Å². The van der Waals surface area contributed by atoms with Gasteiger partial charge in [-0.25, -0.2) is 15.8 Å². The number of nitrogens with zero attached hydrogens (tertiary/aromatic N) is 3. The summed E-state index contributed by atoms with van der Waals surface area (Å²) in [6, 6.07) is 2.43. The predicted molar refractivity (Wildman–Crippen MR) is 68.6 cm³/mol. The van der Waals surface area contributed by atoms with Gasteiger partial charge in [-0.1, -0.05) is 6.92 Å². The van der Waals surface area contributed by atoms with E-state index in [1.54, 1.807) is 0 Å². The van der Waals surface area contributed by atoms with Crippen LogP contribution >= 0.6 is 0 Å². The largest absolute Gasteiger partial charge is 0.368 e. The molecule has 1 fully saturated rings. The normalized spacial score (nSPS) is 20.5. The van der Waals surface area contributed by atoms with Gasteiger partial charge >= 0.3 is 0 Å². The Morgan fingerprint density at radius 2 is 2.29 bits per heavy atom. The molecule has 94 valence electrons. The van der Waals surface area contributed by atoms with Crippen molar-refractivity contribution < 1.29 is 0 Å². The van der Waals surface area contributed by atoms with E-state index in [9.17, 15) is 0 Å². The molecule has 1 unspecified atom stereocenters. The van der Waals surface area contributed by atoms with Crippen LogP contribution in [0.1, 0.15) is 19.8 Å². The van der Waals surface area contributed by atoms with E-state index in [0.29, 0.717) is 11.9 Å². The van der Waals surface area contributed by atoms with Gasteiger partial charge in [0, 0.05) is 18.7 Å². The van der Waals surface area contributed by atoms with Gasteiger partial charge in [0.1, 0.15) is 18.0 Å². The van der Waals surface area contributed by atoms with Gasteiger partial charge in [-0.05, 0) is 25.9 Å². The number of hydrazine groups is 1. The number of rotatable bonds is 5. The number of likely N-dealkylation sites (N-methyl/N-ethyl adjacent to an activating group) is 1. The topological polar surface area (TPSA) is 79.1 Å². The molecule has 1 aliphatic heterocycles. The molecule has 6 heteroatoms. The molecule has 2 heterocycles. The number of nitrogen functional groups attached to an aromatic ring is 1. The third-order valence-corrected chi connectivity index (χ3v) is 3.24. The number of nitrogens with one attached hydrogen (secondary N) is 2. The summed E-state index contributed by atoms with van der Waals surface area (Å²) in [6.07, 6.45) is 4.05. The second-order valence-electron chi connectivity index (χ2n) is 4.24. The first-order valence-corrected chi connectivity index (χ1v) is 6.10. The summed E-state index contributed by atoms with van der Waals surface area (Å²) in [6.45, 7) is 5.46. The molecule has 0 spiro atoms. The maximum atomic E-state index is 5.30. The molecule has 1 atom stereocenters. The Kier molecular flexibility index (Phi) is 4.11. The molecule has 4 N–H and O–H groups in total. The average molecular weight is 236 g/mol. The van der Waals surface area contributed by atoms with E-state index in [1.807, 2.05) is 6.07 Å². The van der Waals surface area contributed by atoms with Crippen molar-refractivity contribution in [3.63, 3.8) is 0 Å². The number of nitrogens with two attached hydrogens (primary N) is 1. The zero-order valence-electron chi connectivity index (χ0n) is 10.2. The van der Waals surface area contributed by atoms with Crippen molar-refractivity contribution in [1.82, 2.24) is 14.9 Å². The monoisotopic (exact) mass is 236 g/mol. The Hall–Kier alpha value is -1.40. The number of aromatic nitrogens is 2. The van der Waals surface area contributed by atoms with Gasteiger partial charge in [-0.3, -0.25) is 4.90 Å². The Morgan fingerprint density at radius 1 is 1.47 bits per heavy atom. The quantitative estimate of drug-likeness (QED) is 0.515. The highest BCUT2D eigenvalue weighted by Gasteiger charge is 2.22. The summed E-state index contributed by atoms with van der Waals surface area (Å²) in [5.41, 5.74) is 2.51. The van der Waals surface area contributed by atoms with Crippen LogP contribution in [0.25, 0.3) is 0 Å². The molecule has 6 nitrogen and oxygen atoms in total. The minimum absolute atomic E-state index is 0.615. The van der Waals surface area contributed by atoms with Crippen LogP contribution in [0.2, 0.25) is 0 Å². The van der Waals surface area contributed by atoms with Gasteiger partial charge in [0.05, 0.1) is 0 Å². The lowest BCUT2D eigenvalue weighted by Crippen LogP contribution is -2.34. The van der Waals surface area contributed by atoms with E-state index >= 15 is 0 Å². The van der Waals surface area contributed by atoms with Gasteiger partial charge in [-0.2, -0.15) is 0 Å². The fourth-order valence-corrected chi connectivity index (χ4v) is 2.30. The van der Waals surface area contributed by atoms with Crippen LogP contribution in [-0.2, 0) is 0 Å². The molecule has 1 aromatic rings. The Balaban J connectivity index is 1.88. The molecule has 0 amide bonds. The van der Waals surface area contributed by atoms with E-state index in [-0.39, 0.29) is 0 Å². The second kappa shape index (κ2) is 5.79. The molecular weight excluding hydrogens is 216 g/mol. The van der Waals surface area contributed by atoms with Crippen molar-refractivity contribution in [2.75, 3.05) is 30.4 Å². The summed E-state index contributed by atoms with van der Waals surface area (Å²) in [7, 11) is 0. The smallest absolute Gasteiger partial charge is 0.145 e. The summed E-state index contributed by atoms with van der Waals surface area (Å²) in [5.74, 6) is 6.75. The van der Waals surface area contributed by atoms with Crippen molar-refractivity contribution in [3.05, 3.63) is 12.4 Å². The maximum Gasteiger partial charge on any atom is 0.145 e. The fourth-order valence-electron chi connectivity index (χ4n) is 2.30. The zero-order valence-corrected chi connectivity index (χ0v) is 10.2. The first kappa shape index (κ1) is 12.1. The molecule has 0 radical (unpaired) electrons. The molecule has 17 heavy (non-hydrogen) atoms. The average Bonchev–Trinajstić information content (AvgIpc) is 2.84. The second-order valence-corrected chi connectivity index (χ2v) is 4.24. The highest BCUT2D eigenvalue weighted by molar-refractivity contribution is 5.45. The van der Waals surface area contributed by atoms with E-state index in [2.05, 4.69) is 32.5 Å². The highest BCUT2D eigenvalue weighted by Crippen LogP contribution is 2.17. The molecule has 0 bridgehead atoms. The molecule has 0 aromatic carbocycles. The van der Waals surface area contributed by atoms with Crippen LogP contribution in [0.5, 0.6) is 0 Å². The highest BCUT2D eigenvalue weighted by atomic mass is 15.3. The van der Waals surface area contributed by atoms with Crippen molar-refractivity contribution >= 4 is 11.6 Å². The fraction of sp³-hybridized carbons (Fsp3) is 0.636. The van der Waals surface area contributed by atoms with Crippen LogP contribution < -0.4 is 16.6 Å². The molecule has 0 aliphatic carbocycles. The summed E-state index contributed by atoms with van der Waals surface area (Å²) >= 11 is 0. The number of likely N-dealkylation sites (tertiary alicyclic amines) is 1. The third kappa shape index (κ3) is 3.04. The zero-order chi connectivity index (χ0) is 12.1. The van der Waals surface area contributed by atoms with Gasteiger partial charge < -0.3 is 10.7 Å². The summed E-state index contributed by atoms with van der Waals surface area (Å²) in [4.78, 5) is 10.6. The molecule has 0 saturated carbocycles. The van der Waals surface area contributed by atoms with Crippen LogP contribution in [0, 0.1) is 0 Å².